The van der Waals surface area contributed by atoms with E-state index in [-0.39, 0.29) is 6.04 Å². The van der Waals surface area contributed by atoms with E-state index >= 15 is 0 Å². The van der Waals surface area contributed by atoms with Crippen LogP contribution in [0.2, 0.25) is 0 Å². The molecular formula is C17H28N2O. The van der Waals surface area contributed by atoms with Crippen LogP contribution < -0.4 is 10.5 Å². The maximum absolute atomic E-state index is 6.09. The largest absolute Gasteiger partial charge is 0.494 e. The average molecular weight is 276 g/mol. The Balaban J connectivity index is 2.17. The second kappa shape index (κ2) is 8.28. The van der Waals surface area contributed by atoms with Gasteiger partial charge >= 0.3 is 0 Å². The Labute approximate surface area is 123 Å². The first-order valence-corrected chi connectivity index (χ1v) is 8.02. The van der Waals surface area contributed by atoms with Crippen molar-refractivity contribution in [1.29, 1.82) is 0 Å². The maximum Gasteiger partial charge on any atom is 0.124 e. The third kappa shape index (κ3) is 3.97. The van der Waals surface area contributed by atoms with Gasteiger partial charge in [-0.15, -0.1) is 0 Å². The zero-order valence-electron chi connectivity index (χ0n) is 12.7. The summed E-state index contributed by atoms with van der Waals surface area (Å²) in [4.78, 5) is 2.55. The normalized spacial score (nSPS) is 19.1. The predicted octanol–water partition coefficient (Wildman–Crippen LogP) is 3.35. The van der Waals surface area contributed by atoms with Gasteiger partial charge in [0.15, 0.2) is 0 Å². The fourth-order valence-corrected chi connectivity index (χ4v) is 3.10. The summed E-state index contributed by atoms with van der Waals surface area (Å²) in [7, 11) is 0. The van der Waals surface area contributed by atoms with Crippen molar-refractivity contribution in [2.24, 2.45) is 5.73 Å². The lowest BCUT2D eigenvalue weighted by atomic mass is 10.0. The zero-order chi connectivity index (χ0) is 14.2. The summed E-state index contributed by atoms with van der Waals surface area (Å²) in [6.07, 6.45) is 6.65. The molecule has 1 fully saturated rings. The molecule has 20 heavy (non-hydrogen) atoms. The third-order valence-electron chi connectivity index (χ3n) is 4.13. The molecule has 2 rings (SSSR count). The number of hydrogen-bond acceptors (Lipinski definition) is 3. The maximum atomic E-state index is 6.09. The van der Waals surface area contributed by atoms with Crippen molar-refractivity contribution >= 4 is 0 Å². The van der Waals surface area contributed by atoms with Crippen molar-refractivity contribution in [1.82, 2.24) is 4.90 Å². The molecule has 0 amide bonds. The molecule has 1 aromatic carbocycles. The predicted molar refractivity (Wildman–Crippen MR) is 84.1 cm³/mol. The van der Waals surface area contributed by atoms with Gasteiger partial charge in [0.1, 0.15) is 5.75 Å². The molecule has 1 saturated heterocycles. The van der Waals surface area contributed by atoms with Crippen LogP contribution in [0.3, 0.4) is 0 Å². The average Bonchev–Trinajstić information content (AvgIpc) is 2.43. The van der Waals surface area contributed by atoms with Gasteiger partial charge in [0.2, 0.25) is 0 Å². The Morgan fingerprint density at radius 2 is 1.75 bits per heavy atom. The Hall–Kier alpha value is -1.06. The molecule has 1 atom stereocenters. The quantitative estimate of drug-likeness (QED) is 0.896. The number of nitrogens with zero attached hydrogens (tertiary/aromatic N) is 1. The topological polar surface area (TPSA) is 38.5 Å². The van der Waals surface area contributed by atoms with Crippen LogP contribution >= 0.6 is 0 Å². The van der Waals surface area contributed by atoms with Crippen LogP contribution in [0.5, 0.6) is 5.75 Å². The fourth-order valence-electron chi connectivity index (χ4n) is 3.10. The lowest BCUT2D eigenvalue weighted by Gasteiger charge is -2.33. The molecule has 1 aromatic rings. The molecule has 3 nitrogen and oxygen atoms in total. The van der Waals surface area contributed by atoms with Crippen molar-refractivity contribution < 1.29 is 4.74 Å². The Morgan fingerprint density at radius 3 is 2.40 bits per heavy atom. The lowest BCUT2D eigenvalue weighted by molar-refractivity contribution is 0.179. The highest BCUT2D eigenvalue weighted by Crippen LogP contribution is 2.30. The molecule has 0 aliphatic carbocycles. The first kappa shape index (κ1) is 15.3. The van der Waals surface area contributed by atoms with Gasteiger partial charge in [0.25, 0.3) is 0 Å². The fraction of sp³-hybridized carbons (Fsp3) is 0.647. The van der Waals surface area contributed by atoms with E-state index in [2.05, 4.69) is 23.1 Å². The second-order valence-corrected chi connectivity index (χ2v) is 5.53. The summed E-state index contributed by atoms with van der Waals surface area (Å²) in [6.45, 7) is 5.70. The number of likely N-dealkylation sites (tertiary alicyclic amines) is 1. The van der Waals surface area contributed by atoms with E-state index in [0.717, 1.165) is 18.8 Å². The van der Waals surface area contributed by atoms with Crippen LogP contribution in [0.25, 0.3) is 0 Å². The van der Waals surface area contributed by atoms with Crippen molar-refractivity contribution in [3.05, 3.63) is 29.8 Å². The molecule has 0 radical (unpaired) electrons. The van der Waals surface area contributed by atoms with Crippen molar-refractivity contribution in [3.8, 4) is 5.75 Å². The number of nitrogens with two attached hydrogens (primary N) is 1. The van der Waals surface area contributed by atoms with Crippen molar-refractivity contribution in [3.63, 3.8) is 0 Å². The highest BCUT2D eigenvalue weighted by molar-refractivity contribution is 5.36. The Bertz CT molecular complexity index is 386. The summed E-state index contributed by atoms with van der Waals surface area (Å²) < 4.78 is 5.78. The van der Waals surface area contributed by atoms with Crippen LogP contribution in [-0.2, 0) is 0 Å². The Morgan fingerprint density at radius 1 is 1.10 bits per heavy atom. The van der Waals surface area contributed by atoms with E-state index in [1.807, 2.05) is 13.0 Å². The molecule has 1 unspecified atom stereocenters. The first-order valence-electron chi connectivity index (χ1n) is 8.02. The number of para-hydroxylation sites is 1. The minimum absolute atomic E-state index is 0.288. The van der Waals surface area contributed by atoms with Gasteiger partial charge in [-0.1, -0.05) is 37.5 Å². The van der Waals surface area contributed by atoms with Crippen molar-refractivity contribution in [2.45, 2.75) is 45.1 Å². The van der Waals surface area contributed by atoms with Crippen LogP contribution in [0.15, 0.2) is 24.3 Å². The van der Waals surface area contributed by atoms with Gasteiger partial charge in [-0.3, -0.25) is 4.90 Å². The third-order valence-corrected chi connectivity index (χ3v) is 4.13. The van der Waals surface area contributed by atoms with E-state index in [9.17, 15) is 0 Å². The molecular weight excluding hydrogens is 248 g/mol. The monoisotopic (exact) mass is 276 g/mol. The number of benzene rings is 1. The first-order chi connectivity index (χ1) is 9.86. The van der Waals surface area contributed by atoms with Crippen LogP contribution in [0.1, 0.15) is 50.6 Å². The van der Waals surface area contributed by atoms with Gasteiger partial charge in [-0.05, 0) is 38.9 Å². The number of hydrogen-bond donors (Lipinski definition) is 1. The molecule has 1 heterocycles. The molecule has 3 heteroatoms. The van der Waals surface area contributed by atoms with E-state index in [0.29, 0.717) is 13.2 Å². The zero-order valence-corrected chi connectivity index (χ0v) is 12.7. The molecule has 0 saturated carbocycles. The number of ether oxygens (including phenoxy) is 1. The van der Waals surface area contributed by atoms with Crippen LogP contribution in [0, 0.1) is 0 Å². The molecule has 0 aromatic heterocycles. The lowest BCUT2D eigenvalue weighted by Crippen LogP contribution is -2.36. The highest BCUT2D eigenvalue weighted by Gasteiger charge is 2.22. The van der Waals surface area contributed by atoms with Crippen molar-refractivity contribution in [2.75, 3.05) is 26.2 Å². The summed E-state index contributed by atoms with van der Waals surface area (Å²) in [5.74, 6) is 0.993. The molecule has 0 bridgehead atoms. The highest BCUT2D eigenvalue weighted by atomic mass is 16.5. The molecule has 0 spiro atoms. The summed E-state index contributed by atoms with van der Waals surface area (Å²) >= 11 is 0. The molecule has 1 aliphatic rings. The molecule has 1 aliphatic heterocycles. The number of rotatable bonds is 5. The van der Waals surface area contributed by atoms with Gasteiger partial charge in [-0.25, -0.2) is 0 Å². The molecule has 2 N–H and O–H groups in total. The standard InChI is InChI=1S/C17H28N2O/c1-2-20-17-11-7-6-10-15(17)16(14-18)19-12-8-4-3-5-9-13-19/h6-7,10-11,16H,2-5,8-9,12-14,18H2,1H3. The molecule has 112 valence electrons. The van der Waals surface area contributed by atoms with Crippen LogP contribution in [0.4, 0.5) is 0 Å². The van der Waals surface area contributed by atoms with Gasteiger partial charge < -0.3 is 10.5 Å². The summed E-state index contributed by atoms with van der Waals surface area (Å²) in [5.41, 5.74) is 7.34. The summed E-state index contributed by atoms with van der Waals surface area (Å²) in [5, 5.41) is 0. The van der Waals surface area contributed by atoms with Gasteiger partial charge in [0.05, 0.1) is 12.6 Å². The van der Waals surface area contributed by atoms with Gasteiger partial charge in [-0.2, -0.15) is 0 Å². The summed E-state index contributed by atoms with van der Waals surface area (Å²) in [6, 6.07) is 8.64. The minimum atomic E-state index is 0.288. The smallest absolute Gasteiger partial charge is 0.124 e. The van der Waals surface area contributed by atoms with E-state index in [1.54, 1.807) is 0 Å². The second-order valence-electron chi connectivity index (χ2n) is 5.53. The van der Waals surface area contributed by atoms with E-state index in [4.69, 9.17) is 10.5 Å². The van der Waals surface area contributed by atoms with Gasteiger partial charge in [0, 0.05) is 12.1 Å². The Kier molecular flexibility index (Phi) is 6.34. The van der Waals surface area contributed by atoms with Crippen LogP contribution in [-0.4, -0.2) is 31.1 Å². The SMILES string of the molecule is CCOc1ccccc1C(CN)N1CCCCCCC1. The minimum Gasteiger partial charge on any atom is -0.494 e. The van der Waals surface area contributed by atoms with E-state index < -0.39 is 0 Å². The van der Waals surface area contributed by atoms with E-state index in [1.165, 1.54) is 37.7 Å².